The molecule has 0 radical (unpaired) electrons. The van der Waals surface area contributed by atoms with E-state index in [4.69, 9.17) is 40.4 Å². The average Bonchev–Trinajstić information content (AvgIpc) is 1.81. The first kappa shape index (κ1) is 96.4. The van der Waals surface area contributed by atoms with Gasteiger partial charge in [-0.2, -0.15) is 25.5 Å². The van der Waals surface area contributed by atoms with E-state index in [1.165, 1.54) is 27.5 Å². The maximum absolute atomic E-state index is 5.99. The molecular weight excluding hydrogens is 1670 g/mol. The van der Waals surface area contributed by atoms with E-state index in [1.807, 2.05) is 109 Å². The van der Waals surface area contributed by atoms with Crippen LogP contribution in [0.4, 0.5) is 17.3 Å². The first-order valence-electron chi connectivity index (χ1n) is 47.1. The number of nitrogens with zero attached hydrogens (tertiary/aromatic N) is 22. The van der Waals surface area contributed by atoms with Crippen LogP contribution in [0.2, 0.25) is 0 Å². The normalized spacial score (nSPS) is 13.8. The van der Waals surface area contributed by atoms with E-state index < -0.39 is 0 Å². The highest BCUT2D eigenvalue weighted by atomic mass is 32.1. The number of hydrogen-bond donors (Lipinski definition) is 1. The van der Waals surface area contributed by atoms with Gasteiger partial charge in [0.2, 0.25) is 0 Å². The van der Waals surface area contributed by atoms with Crippen LogP contribution >= 0.6 is 11.3 Å². The number of thiazole rings is 1. The van der Waals surface area contributed by atoms with Crippen molar-refractivity contribution in [2.45, 2.75) is 171 Å². The van der Waals surface area contributed by atoms with Gasteiger partial charge in [-0.05, 0) is 183 Å². The zero-order valence-electron chi connectivity index (χ0n) is 82.2. The summed E-state index contributed by atoms with van der Waals surface area (Å²) in [5.41, 5.74) is 30.2. The molecular formula is C108H135N23OS. The lowest BCUT2D eigenvalue weighted by Gasteiger charge is -2.42. The highest BCUT2D eigenvalue weighted by molar-refractivity contribution is 7.10. The number of fused-ring (bicyclic) bond motifs is 5. The number of pyridine rings is 5. The Labute approximate surface area is 789 Å². The zero-order chi connectivity index (χ0) is 94.6. The van der Waals surface area contributed by atoms with Gasteiger partial charge in [-0.25, -0.2) is 19.9 Å². The Morgan fingerprint density at radius 2 is 0.752 bits per heavy atom. The summed E-state index contributed by atoms with van der Waals surface area (Å²) in [6, 6.07) is 60.2. The maximum atomic E-state index is 5.99. The Morgan fingerprint density at radius 1 is 0.353 bits per heavy atom. The number of aromatic nitrogens is 18. The SMILES string of the molecule is CC(C)c1cccc(-c2ccc3c(cnn3C)c2)n1.CC(C)c1cccc(N2CCN(C(C)C)CC2)n1.CC(C)c1cccc(N2CCN(C3COC3)CC2)n1.CC(C)c1cn(C)c(-c2ccc3c(cnn3C)c2)n1.CC(C)c1nc(-c2ccc3c(cnn3C)c2)ccc1N.CC(C)c1nc(-c2ccc3c(cnn3C)c2)cs1.Cc1ccc(C(C)C)nc1-c1ccc2c(cnn2C)c1. The number of imidazole rings is 1. The minimum Gasteiger partial charge on any atom is -0.397 e. The fourth-order valence-corrected chi connectivity index (χ4v) is 17.4. The Kier molecular flexibility index (Phi) is 31.4. The number of benzene rings is 5. The van der Waals surface area contributed by atoms with Gasteiger partial charge in [-0.3, -0.25) is 48.2 Å². The first-order valence-corrected chi connectivity index (χ1v) is 48.0. The predicted molar refractivity (Wildman–Crippen MR) is 550 cm³/mol. The van der Waals surface area contributed by atoms with Crippen molar-refractivity contribution in [3.05, 3.63) is 257 Å². The summed E-state index contributed by atoms with van der Waals surface area (Å²) in [5, 5.41) is 30.4. The number of hydrogen-bond acceptors (Lipinski definition) is 19. The van der Waals surface area contributed by atoms with Gasteiger partial charge in [-0.1, -0.05) is 145 Å². The van der Waals surface area contributed by atoms with E-state index in [-0.39, 0.29) is 0 Å². The molecule has 0 amide bonds. The molecule has 17 aromatic rings. The molecule has 15 heterocycles. The van der Waals surface area contributed by atoms with E-state index in [2.05, 4.69) is 342 Å². The van der Waals surface area contributed by atoms with Gasteiger partial charge in [0.1, 0.15) is 17.5 Å². The molecule has 3 fully saturated rings. The molecule has 20 rings (SSSR count). The Morgan fingerprint density at radius 3 is 1.17 bits per heavy atom. The minimum atomic E-state index is 0.317. The van der Waals surface area contributed by atoms with Gasteiger partial charge in [0, 0.05) is 196 Å². The number of nitrogen functional groups attached to an aromatic ring is 1. The van der Waals surface area contributed by atoms with Crippen LogP contribution < -0.4 is 15.5 Å². The third-order valence-electron chi connectivity index (χ3n) is 25.1. The Hall–Kier alpha value is -12.7. The van der Waals surface area contributed by atoms with E-state index >= 15 is 0 Å². The summed E-state index contributed by atoms with van der Waals surface area (Å²) in [7, 11) is 11.8. The van der Waals surface area contributed by atoms with Gasteiger partial charge in [0.05, 0.1) is 123 Å². The van der Waals surface area contributed by atoms with E-state index in [0.29, 0.717) is 53.5 Å². The number of aryl methyl sites for hydroxylation is 7. The topological polar surface area (TPSA) is 232 Å². The van der Waals surface area contributed by atoms with Crippen molar-refractivity contribution in [1.29, 1.82) is 0 Å². The van der Waals surface area contributed by atoms with Crippen LogP contribution in [-0.4, -0.2) is 176 Å². The van der Waals surface area contributed by atoms with Gasteiger partial charge in [-0.15, -0.1) is 11.3 Å². The maximum Gasteiger partial charge on any atom is 0.139 e. The molecule has 0 saturated carbocycles. The fraction of sp³-hybridized carbons (Fsp3) is 0.389. The molecule has 0 aliphatic carbocycles. The molecule has 694 valence electrons. The van der Waals surface area contributed by atoms with E-state index in [9.17, 15) is 0 Å². The van der Waals surface area contributed by atoms with Crippen molar-refractivity contribution in [1.82, 2.24) is 98.2 Å². The lowest BCUT2D eigenvalue weighted by Crippen LogP contribution is -2.56. The summed E-state index contributed by atoms with van der Waals surface area (Å²) in [5.74, 6) is 6.42. The van der Waals surface area contributed by atoms with Crippen molar-refractivity contribution in [2.24, 2.45) is 42.3 Å². The predicted octanol–water partition coefficient (Wildman–Crippen LogP) is 22.5. The van der Waals surface area contributed by atoms with Crippen molar-refractivity contribution >= 4 is 83.2 Å². The number of ether oxygens (including phenoxy) is 1. The molecule has 25 heteroatoms. The van der Waals surface area contributed by atoms with Gasteiger partial charge in [0.15, 0.2) is 0 Å². The molecule has 24 nitrogen and oxygen atoms in total. The van der Waals surface area contributed by atoms with Crippen LogP contribution in [0.15, 0.2) is 212 Å². The standard InChI is InChI=1S/C17H19N3.C16H18N4.C16H17N3.C15H18N4.C15H23N3O.C15H25N3.C14H15N3S/c1-11(2)15-7-5-12(3)17(19-15)13-6-8-16-14(9-13)10-18-20(16)4;1-10(2)16-13(17)5-6-14(19-16)11-4-7-15-12(8-11)9-18-20(15)3;1-11(2)14-5-4-6-15(18-14)12-7-8-16-13(9-12)10-17-19(16)3;1-10(2)13-9-18(3)15(17-13)11-5-6-14-12(7-11)8-16-19(14)4;1-12(2)14-4-3-5-15(16-14)18-8-6-17(7-9-18)13-10-19-11-13;1-12(2)14-6-5-7-15(16-14)18-10-8-17(9-11-18)13(3)4;1-9(2)14-16-12(8-18-14)10-4-5-13-11(6-10)7-15-17(13)3/h5-11H,1-4H3;4-10H,17H2,1-3H3;4-11H,1-3H3;5-10H,1-4H3;3-5,12-13H,6-11H2,1-2H3;5-7,12-13H,8-11H2,1-4H3;4-9H,1-3H3. The molecule has 133 heavy (non-hydrogen) atoms. The fourth-order valence-electron chi connectivity index (χ4n) is 16.6. The molecule has 3 aliphatic heterocycles. The molecule has 0 bridgehead atoms. The average molecular weight is 1800 g/mol. The number of nitrogens with two attached hydrogens (primary N) is 1. The number of rotatable bonds is 16. The Bertz CT molecular complexity index is 6730. The molecule has 3 aliphatic rings. The van der Waals surface area contributed by atoms with Crippen molar-refractivity contribution in [2.75, 3.05) is 81.1 Å². The van der Waals surface area contributed by atoms with Crippen molar-refractivity contribution < 1.29 is 4.74 Å². The van der Waals surface area contributed by atoms with Gasteiger partial charge >= 0.3 is 0 Å². The van der Waals surface area contributed by atoms with Gasteiger partial charge < -0.3 is 24.8 Å². The molecule has 0 spiro atoms. The van der Waals surface area contributed by atoms with Crippen molar-refractivity contribution in [3.63, 3.8) is 0 Å². The highest BCUT2D eigenvalue weighted by Gasteiger charge is 2.30. The van der Waals surface area contributed by atoms with E-state index in [1.54, 1.807) is 11.3 Å². The van der Waals surface area contributed by atoms with Crippen LogP contribution in [0.5, 0.6) is 0 Å². The third-order valence-corrected chi connectivity index (χ3v) is 26.2. The smallest absolute Gasteiger partial charge is 0.139 e. The number of anilines is 3. The largest absolute Gasteiger partial charge is 0.397 e. The van der Waals surface area contributed by atoms with E-state index in [0.717, 1.165) is 211 Å². The highest BCUT2D eigenvalue weighted by Crippen LogP contribution is 2.35. The zero-order valence-corrected chi connectivity index (χ0v) is 83.0. The molecule has 12 aromatic heterocycles. The summed E-state index contributed by atoms with van der Waals surface area (Å²) >= 11 is 1.73. The van der Waals surface area contributed by atoms with Gasteiger partial charge in [0.25, 0.3) is 0 Å². The summed E-state index contributed by atoms with van der Waals surface area (Å²) in [4.78, 5) is 43.1. The monoisotopic (exact) mass is 1800 g/mol. The van der Waals surface area contributed by atoms with Crippen LogP contribution in [0, 0.1) is 6.92 Å². The summed E-state index contributed by atoms with van der Waals surface area (Å²) in [6.45, 7) is 47.7. The Balaban J connectivity index is 0.000000125. The molecule has 2 N–H and O–H groups in total. The molecule has 0 atom stereocenters. The molecule has 0 unspecified atom stereocenters. The second kappa shape index (κ2) is 43.3. The third kappa shape index (κ3) is 23.5. The molecule has 5 aromatic carbocycles. The first-order chi connectivity index (χ1) is 63.8. The second-order valence-electron chi connectivity index (χ2n) is 37.7. The minimum absolute atomic E-state index is 0.317. The van der Waals surface area contributed by atoms with Crippen molar-refractivity contribution in [3.8, 4) is 56.4 Å². The lowest BCUT2D eigenvalue weighted by atomic mass is 10.0. The lowest BCUT2D eigenvalue weighted by molar-refractivity contribution is -0.0661. The van der Waals surface area contributed by atoms with Crippen LogP contribution in [-0.2, 0) is 47.0 Å². The van der Waals surface area contributed by atoms with Crippen LogP contribution in [0.25, 0.3) is 111 Å². The van der Waals surface area contributed by atoms with Crippen LogP contribution in [0.1, 0.15) is 197 Å². The number of piperazine rings is 2. The second-order valence-corrected chi connectivity index (χ2v) is 38.5. The quantitative estimate of drug-likeness (QED) is 0.0947. The molecule has 3 saturated heterocycles. The summed E-state index contributed by atoms with van der Waals surface area (Å²) < 4.78 is 16.8. The van der Waals surface area contributed by atoms with Crippen LogP contribution in [0.3, 0.4) is 0 Å². The summed E-state index contributed by atoms with van der Waals surface area (Å²) in [6.07, 6.45) is 11.6.